The van der Waals surface area contributed by atoms with Crippen LogP contribution in [0.1, 0.15) is 38.7 Å². The van der Waals surface area contributed by atoms with Crippen molar-refractivity contribution < 1.29 is 19.1 Å². The Morgan fingerprint density at radius 1 is 1.19 bits per heavy atom. The molecule has 0 aliphatic heterocycles. The fraction of sp³-hybridized carbons (Fsp3) is 0.417. The third kappa shape index (κ3) is 7.71. The maximum atomic E-state index is 13.2. The fourth-order valence-electron chi connectivity index (χ4n) is 3.21. The first-order chi connectivity index (χ1) is 15.4. The zero-order valence-corrected chi connectivity index (χ0v) is 21.0. The Labute approximate surface area is 203 Å². The van der Waals surface area contributed by atoms with E-state index in [2.05, 4.69) is 28.2 Å². The topological polar surface area (TPSA) is 67.9 Å². The molecule has 0 saturated heterocycles. The van der Waals surface area contributed by atoms with E-state index in [0.717, 1.165) is 22.9 Å². The second kappa shape index (κ2) is 13.3. The minimum atomic E-state index is -0.616. The number of amides is 2. The summed E-state index contributed by atoms with van der Waals surface area (Å²) >= 11 is 9.56. The highest BCUT2D eigenvalue weighted by atomic mass is 79.9. The number of hydrogen-bond acceptors (Lipinski definition) is 4. The Morgan fingerprint density at radius 2 is 1.97 bits per heavy atom. The van der Waals surface area contributed by atoms with E-state index in [1.54, 1.807) is 30.2 Å². The molecule has 0 aliphatic rings. The molecule has 0 bridgehead atoms. The number of ether oxygens (including phenoxy) is 2. The monoisotopic (exact) mass is 524 g/mol. The van der Waals surface area contributed by atoms with Crippen LogP contribution in [0, 0.1) is 0 Å². The van der Waals surface area contributed by atoms with E-state index in [4.69, 9.17) is 21.1 Å². The van der Waals surface area contributed by atoms with Gasteiger partial charge in [-0.2, -0.15) is 0 Å². The number of nitrogens with zero attached hydrogens (tertiary/aromatic N) is 1. The first-order valence-corrected chi connectivity index (χ1v) is 11.8. The summed E-state index contributed by atoms with van der Waals surface area (Å²) in [4.78, 5) is 27.7. The van der Waals surface area contributed by atoms with Crippen molar-refractivity contribution in [1.82, 2.24) is 10.2 Å². The number of unbranched alkanes of at least 4 members (excludes halogenated alkanes) is 1. The highest BCUT2D eigenvalue weighted by molar-refractivity contribution is 9.10. The number of rotatable bonds is 12. The summed E-state index contributed by atoms with van der Waals surface area (Å²) in [7, 11) is 1.59. The molecule has 0 aromatic heterocycles. The zero-order chi connectivity index (χ0) is 23.5. The summed E-state index contributed by atoms with van der Waals surface area (Å²) in [5.41, 5.74) is 0.860. The lowest BCUT2D eigenvalue weighted by Crippen LogP contribution is -2.50. The van der Waals surface area contributed by atoms with Crippen LogP contribution in [0.5, 0.6) is 11.5 Å². The molecule has 0 radical (unpaired) electrons. The van der Waals surface area contributed by atoms with E-state index in [1.165, 1.54) is 0 Å². The average Bonchev–Trinajstić information content (AvgIpc) is 2.78. The molecule has 2 rings (SSSR count). The summed E-state index contributed by atoms with van der Waals surface area (Å²) in [5, 5.41) is 3.34. The SMILES string of the molecule is CCCCNC(=O)[C@@H](CC)N(Cc1cccc(OC)c1)C(=O)COc1ccc(Br)cc1Cl. The maximum absolute atomic E-state index is 13.2. The summed E-state index contributed by atoms with van der Waals surface area (Å²) in [6, 6.07) is 12.0. The normalized spacial score (nSPS) is 11.5. The van der Waals surface area contributed by atoms with Gasteiger partial charge in [0, 0.05) is 17.6 Å². The molecular weight excluding hydrogens is 496 g/mol. The molecule has 0 fully saturated rings. The van der Waals surface area contributed by atoms with E-state index in [9.17, 15) is 9.59 Å². The van der Waals surface area contributed by atoms with Crippen LogP contribution in [0.3, 0.4) is 0 Å². The van der Waals surface area contributed by atoms with Gasteiger partial charge in [-0.3, -0.25) is 9.59 Å². The second-order valence-electron chi connectivity index (χ2n) is 7.31. The molecule has 8 heteroatoms. The Kier molecular flexibility index (Phi) is 10.8. The third-order valence-electron chi connectivity index (χ3n) is 4.95. The molecule has 1 atom stereocenters. The van der Waals surface area contributed by atoms with Crippen molar-refractivity contribution in [1.29, 1.82) is 0 Å². The third-order valence-corrected chi connectivity index (χ3v) is 5.74. The molecule has 32 heavy (non-hydrogen) atoms. The minimum absolute atomic E-state index is 0.168. The van der Waals surface area contributed by atoms with Crippen LogP contribution in [0.25, 0.3) is 0 Å². The van der Waals surface area contributed by atoms with Gasteiger partial charge in [-0.25, -0.2) is 0 Å². The number of halogens is 2. The molecule has 0 unspecified atom stereocenters. The summed E-state index contributed by atoms with van der Waals surface area (Å²) in [5.74, 6) is 0.626. The van der Waals surface area contributed by atoms with E-state index < -0.39 is 6.04 Å². The maximum Gasteiger partial charge on any atom is 0.261 e. The zero-order valence-electron chi connectivity index (χ0n) is 18.7. The molecule has 0 saturated carbocycles. The van der Waals surface area contributed by atoms with Crippen molar-refractivity contribution >= 4 is 39.3 Å². The van der Waals surface area contributed by atoms with Gasteiger partial charge in [0.25, 0.3) is 5.91 Å². The van der Waals surface area contributed by atoms with Crippen molar-refractivity contribution in [2.24, 2.45) is 0 Å². The average molecular weight is 526 g/mol. The molecule has 2 aromatic rings. The molecule has 0 aliphatic carbocycles. The van der Waals surface area contributed by atoms with E-state index in [1.807, 2.05) is 31.2 Å². The van der Waals surface area contributed by atoms with E-state index >= 15 is 0 Å². The van der Waals surface area contributed by atoms with Crippen molar-refractivity contribution in [3.63, 3.8) is 0 Å². The standard InChI is InChI=1S/C24H30BrClN2O4/c1-4-6-12-27-24(30)21(5-2)28(15-17-8-7-9-19(13-17)31-3)23(29)16-32-22-11-10-18(25)14-20(22)26/h7-11,13-14,21H,4-6,12,15-16H2,1-3H3,(H,27,30)/t21-/m1/s1. The highest BCUT2D eigenvalue weighted by Gasteiger charge is 2.29. The quantitative estimate of drug-likeness (QED) is 0.386. The van der Waals surface area contributed by atoms with Gasteiger partial charge in [0.1, 0.15) is 17.5 Å². The molecular formula is C24H30BrClN2O4. The number of nitrogens with one attached hydrogen (secondary N) is 1. The highest BCUT2D eigenvalue weighted by Crippen LogP contribution is 2.28. The van der Waals surface area contributed by atoms with Gasteiger partial charge in [-0.15, -0.1) is 0 Å². The van der Waals surface area contributed by atoms with Gasteiger partial charge in [-0.1, -0.05) is 59.9 Å². The lowest BCUT2D eigenvalue weighted by atomic mass is 10.1. The van der Waals surface area contributed by atoms with Crippen LogP contribution in [-0.4, -0.2) is 43.0 Å². The van der Waals surface area contributed by atoms with Gasteiger partial charge in [0.05, 0.1) is 12.1 Å². The Hall–Kier alpha value is -2.25. The van der Waals surface area contributed by atoms with Crippen molar-refractivity contribution in [3.05, 3.63) is 57.5 Å². The van der Waals surface area contributed by atoms with Gasteiger partial charge >= 0.3 is 0 Å². The molecule has 2 aromatic carbocycles. The summed E-state index contributed by atoms with van der Waals surface area (Å²) < 4.78 is 11.8. The fourth-order valence-corrected chi connectivity index (χ4v) is 3.94. The Morgan fingerprint density at radius 3 is 2.62 bits per heavy atom. The van der Waals surface area contributed by atoms with Crippen molar-refractivity contribution in [3.8, 4) is 11.5 Å². The van der Waals surface area contributed by atoms with Gasteiger partial charge < -0.3 is 19.7 Å². The number of methoxy groups -OCH3 is 1. The lowest BCUT2D eigenvalue weighted by Gasteiger charge is -2.30. The van der Waals surface area contributed by atoms with Crippen molar-refractivity contribution in [2.45, 2.75) is 45.7 Å². The van der Waals surface area contributed by atoms with Gasteiger partial charge in [0.2, 0.25) is 5.91 Å². The van der Waals surface area contributed by atoms with Crippen LogP contribution >= 0.6 is 27.5 Å². The molecule has 174 valence electrons. The van der Waals surface area contributed by atoms with Crippen molar-refractivity contribution in [2.75, 3.05) is 20.3 Å². The van der Waals surface area contributed by atoms with E-state index in [0.29, 0.717) is 29.5 Å². The molecule has 6 nitrogen and oxygen atoms in total. The smallest absolute Gasteiger partial charge is 0.261 e. The predicted molar refractivity (Wildman–Crippen MR) is 130 cm³/mol. The number of hydrogen-bond donors (Lipinski definition) is 1. The lowest BCUT2D eigenvalue weighted by molar-refractivity contribution is -0.143. The van der Waals surface area contributed by atoms with Crippen LogP contribution in [0.4, 0.5) is 0 Å². The summed E-state index contributed by atoms with van der Waals surface area (Å²) in [6.07, 6.45) is 2.34. The molecule has 1 N–H and O–H groups in total. The van der Waals surface area contributed by atoms with Crippen LogP contribution < -0.4 is 14.8 Å². The number of carbonyl (C=O) groups excluding carboxylic acids is 2. The number of benzene rings is 2. The van der Waals surface area contributed by atoms with Gasteiger partial charge in [-0.05, 0) is 48.7 Å². The molecule has 2 amide bonds. The van der Waals surface area contributed by atoms with Crippen LogP contribution in [-0.2, 0) is 16.1 Å². The molecule has 0 spiro atoms. The first kappa shape index (κ1) is 26.0. The number of carbonyl (C=O) groups is 2. The van der Waals surface area contributed by atoms with Crippen LogP contribution in [0.15, 0.2) is 46.9 Å². The Balaban J connectivity index is 2.22. The van der Waals surface area contributed by atoms with Crippen LogP contribution in [0.2, 0.25) is 5.02 Å². The second-order valence-corrected chi connectivity index (χ2v) is 8.63. The predicted octanol–water partition coefficient (Wildman–Crippen LogP) is 5.21. The molecule has 0 heterocycles. The first-order valence-electron chi connectivity index (χ1n) is 10.7. The van der Waals surface area contributed by atoms with E-state index in [-0.39, 0.29) is 25.0 Å². The minimum Gasteiger partial charge on any atom is -0.497 e. The van der Waals surface area contributed by atoms with Gasteiger partial charge in [0.15, 0.2) is 6.61 Å². The largest absolute Gasteiger partial charge is 0.497 e. The Bertz CT molecular complexity index is 909. The summed E-state index contributed by atoms with van der Waals surface area (Å²) in [6.45, 7) is 4.56.